The van der Waals surface area contributed by atoms with Crippen LogP contribution in [0.15, 0.2) is 18.3 Å². The van der Waals surface area contributed by atoms with Gasteiger partial charge in [0.15, 0.2) is 0 Å². The molecule has 0 bridgehead atoms. The van der Waals surface area contributed by atoms with Crippen molar-refractivity contribution in [3.63, 3.8) is 0 Å². The second kappa shape index (κ2) is 3.67. The molecule has 0 fully saturated rings. The molecule has 3 nitrogen and oxygen atoms in total. The van der Waals surface area contributed by atoms with Crippen LogP contribution < -0.4 is 11.5 Å². The Bertz CT molecular complexity index is 222. The maximum atomic E-state index is 5.64. The third kappa shape index (κ3) is 2.15. The summed E-state index contributed by atoms with van der Waals surface area (Å²) < 4.78 is 0. The molecule has 1 rings (SSSR count). The van der Waals surface area contributed by atoms with Gasteiger partial charge in [-0.25, -0.2) is 4.98 Å². The fourth-order valence-corrected chi connectivity index (χ4v) is 0.854. The largest absolute Gasteiger partial charge is 0.329 e. The van der Waals surface area contributed by atoms with Crippen molar-refractivity contribution in [2.75, 3.05) is 6.54 Å². The van der Waals surface area contributed by atoms with E-state index in [4.69, 9.17) is 23.1 Å². The van der Waals surface area contributed by atoms with Crippen molar-refractivity contribution in [1.29, 1.82) is 0 Å². The molecule has 0 aromatic carbocycles. The average molecular weight is 172 g/mol. The Morgan fingerprint density at radius 1 is 1.55 bits per heavy atom. The molecule has 4 N–H and O–H groups in total. The summed E-state index contributed by atoms with van der Waals surface area (Å²) >= 11 is 5.58. The van der Waals surface area contributed by atoms with Crippen molar-refractivity contribution < 1.29 is 0 Å². The van der Waals surface area contributed by atoms with Gasteiger partial charge in [0.25, 0.3) is 0 Å². The van der Waals surface area contributed by atoms with Crippen molar-refractivity contribution in [3.8, 4) is 0 Å². The quantitative estimate of drug-likeness (QED) is 0.644. The van der Waals surface area contributed by atoms with E-state index < -0.39 is 0 Å². The zero-order valence-electron chi connectivity index (χ0n) is 6.00. The molecule has 4 heteroatoms. The van der Waals surface area contributed by atoms with Gasteiger partial charge in [-0.05, 0) is 11.6 Å². The maximum absolute atomic E-state index is 5.64. The highest BCUT2D eigenvalue weighted by Crippen LogP contribution is 2.10. The molecule has 0 unspecified atom stereocenters. The monoisotopic (exact) mass is 171 g/mol. The standard InChI is InChI=1S/C7H10ClN3/c8-7-2-1-5(4-11-7)6(10)3-9/h1-2,4,6H,3,9-10H2/t6-/m0/s1. The lowest BCUT2D eigenvalue weighted by molar-refractivity contribution is 0.733. The van der Waals surface area contributed by atoms with Gasteiger partial charge in [-0.1, -0.05) is 17.7 Å². The van der Waals surface area contributed by atoms with Crippen LogP contribution in [0.5, 0.6) is 0 Å². The molecule has 1 atom stereocenters. The summed E-state index contributed by atoms with van der Waals surface area (Å²) in [6, 6.07) is 3.39. The van der Waals surface area contributed by atoms with Gasteiger partial charge >= 0.3 is 0 Å². The molecular weight excluding hydrogens is 162 g/mol. The Balaban J connectivity index is 2.81. The highest BCUT2D eigenvalue weighted by atomic mass is 35.5. The van der Waals surface area contributed by atoms with Crippen molar-refractivity contribution in [2.24, 2.45) is 11.5 Å². The van der Waals surface area contributed by atoms with Crippen LogP contribution in [0.3, 0.4) is 0 Å². The Kier molecular flexibility index (Phi) is 2.82. The van der Waals surface area contributed by atoms with Gasteiger partial charge in [0.1, 0.15) is 5.15 Å². The van der Waals surface area contributed by atoms with Crippen molar-refractivity contribution in [3.05, 3.63) is 29.0 Å². The topological polar surface area (TPSA) is 64.9 Å². The van der Waals surface area contributed by atoms with Gasteiger partial charge in [-0.15, -0.1) is 0 Å². The summed E-state index contributed by atoms with van der Waals surface area (Å²) in [5.41, 5.74) is 11.9. The molecule has 1 aromatic rings. The first-order valence-corrected chi connectivity index (χ1v) is 3.69. The van der Waals surface area contributed by atoms with Crippen LogP contribution in [0, 0.1) is 0 Å². The first-order valence-electron chi connectivity index (χ1n) is 3.31. The lowest BCUT2D eigenvalue weighted by Gasteiger charge is -2.07. The SMILES string of the molecule is NC[C@H](N)c1ccc(Cl)nc1. The molecule has 0 spiro atoms. The number of hydrogen-bond donors (Lipinski definition) is 2. The van der Waals surface area contributed by atoms with E-state index in [0.717, 1.165) is 5.56 Å². The van der Waals surface area contributed by atoms with E-state index in [2.05, 4.69) is 4.98 Å². The molecular formula is C7H10ClN3. The van der Waals surface area contributed by atoms with Gasteiger partial charge in [-0.3, -0.25) is 0 Å². The minimum absolute atomic E-state index is 0.139. The fourth-order valence-electron chi connectivity index (χ4n) is 0.743. The van der Waals surface area contributed by atoms with Gasteiger partial charge in [0.05, 0.1) is 0 Å². The smallest absolute Gasteiger partial charge is 0.129 e. The summed E-state index contributed by atoms with van der Waals surface area (Å²) in [4.78, 5) is 3.88. The Hall–Kier alpha value is -0.640. The molecule has 0 saturated heterocycles. The first-order chi connectivity index (χ1) is 5.24. The summed E-state index contributed by atoms with van der Waals surface area (Å²) in [7, 11) is 0. The van der Waals surface area contributed by atoms with Gasteiger partial charge in [0, 0.05) is 18.8 Å². The van der Waals surface area contributed by atoms with E-state index in [9.17, 15) is 0 Å². The highest BCUT2D eigenvalue weighted by Gasteiger charge is 2.02. The molecule has 0 aliphatic heterocycles. The highest BCUT2D eigenvalue weighted by molar-refractivity contribution is 6.29. The van der Waals surface area contributed by atoms with Gasteiger partial charge in [0.2, 0.25) is 0 Å². The number of pyridine rings is 1. The van der Waals surface area contributed by atoms with Crippen LogP contribution in [0.2, 0.25) is 5.15 Å². The van der Waals surface area contributed by atoms with Crippen LogP contribution in [-0.4, -0.2) is 11.5 Å². The second-order valence-electron chi connectivity index (χ2n) is 2.26. The number of hydrogen-bond acceptors (Lipinski definition) is 3. The third-order valence-electron chi connectivity index (χ3n) is 1.43. The number of aromatic nitrogens is 1. The maximum Gasteiger partial charge on any atom is 0.129 e. The van der Waals surface area contributed by atoms with E-state index in [-0.39, 0.29) is 6.04 Å². The molecule has 60 valence electrons. The number of nitrogens with two attached hydrogens (primary N) is 2. The summed E-state index contributed by atoms with van der Waals surface area (Å²) in [5, 5.41) is 0.470. The molecule has 1 aromatic heterocycles. The number of halogens is 1. The summed E-state index contributed by atoms with van der Waals surface area (Å²) in [5.74, 6) is 0. The van der Waals surface area contributed by atoms with Crippen LogP contribution in [0.1, 0.15) is 11.6 Å². The average Bonchev–Trinajstić information content (AvgIpc) is 2.05. The van der Waals surface area contributed by atoms with E-state index in [1.165, 1.54) is 0 Å². The molecule has 0 radical (unpaired) electrons. The Morgan fingerprint density at radius 3 is 2.73 bits per heavy atom. The third-order valence-corrected chi connectivity index (χ3v) is 1.66. The van der Waals surface area contributed by atoms with Crippen LogP contribution in [0.25, 0.3) is 0 Å². The van der Waals surface area contributed by atoms with Crippen molar-refractivity contribution in [2.45, 2.75) is 6.04 Å². The number of rotatable bonds is 2. The number of nitrogens with zero attached hydrogens (tertiary/aromatic N) is 1. The minimum atomic E-state index is -0.139. The Morgan fingerprint density at radius 2 is 2.27 bits per heavy atom. The molecule has 0 amide bonds. The first kappa shape index (κ1) is 8.46. The predicted molar refractivity (Wildman–Crippen MR) is 45.2 cm³/mol. The molecule has 1 heterocycles. The van der Waals surface area contributed by atoms with E-state index in [0.29, 0.717) is 11.7 Å². The lowest BCUT2D eigenvalue weighted by Crippen LogP contribution is -2.20. The second-order valence-corrected chi connectivity index (χ2v) is 2.64. The van der Waals surface area contributed by atoms with Gasteiger partial charge in [-0.2, -0.15) is 0 Å². The summed E-state index contributed by atoms with van der Waals surface area (Å²) in [6.45, 7) is 0.420. The molecule has 0 aliphatic rings. The fraction of sp³-hybridized carbons (Fsp3) is 0.286. The van der Waals surface area contributed by atoms with Crippen LogP contribution in [-0.2, 0) is 0 Å². The molecule has 11 heavy (non-hydrogen) atoms. The van der Waals surface area contributed by atoms with Crippen molar-refractivity contribution >= 4 is 11.6 Å². The predicted octanol–water partition coefficient (Wildman–Crippen LogP) is 0.694. The van der Waals surface area contributed by atoms with Crippen molar-refractivity contribution in [1.82, 2.24) is 4.98 Å². The van der Waals surface area contributed by atoms with Crippen LogP contribution in [0.4, 0.5) is 0 Å². The zero-order chi connectivity index (χ0) is 8.27. The Labute approximate surface area is 70.4 Å². The van der Waals surface area contributed by atoms with E-state index in [1.54, 1.807) is 12.3 Å². The summed E-state index contributed by atoms with van der Waals surface area (Å²) in [6.07, 6.45) is 1.64. The zero-order valence-corrected chi connectivity index (χ0v) is 6.75. The lowest BCUT2D eigenvalue weighted by atomic mass is 10.1. The normalized spacial score (nSPS) is 13.0. The van der Waals surface area contributed by atoms with Gasteiger partial charge < -0.3 is 11.5 Å². The van der Waals surface area contributed by atoms with E-state index >= 15 is 0 Å². The minimum Gasteiger partial charge on any atom is -0.329 e. The van der Waals surface area contributed by atoms with E-state index in [1.807, 2.05) is 6.07 Å². The van der Waals surface area contributed by atoms with Crippen LogP contribution >= 0.6 is 11.6 Å². The molecule has 0 saturated carbocycles. The molecule has 0 aliphatic carbocycles.